The Balaban J connectivity index is 1.17. The highest BCUT2D eigenvalue weighted by atomic mass is 14.8. The summed E-state index contributed by atoms with van der Waals surface area (Å²) in [4.78, 5) is 19.8. The zero-order valence-electron chi connectivity index (χ0n) is 29.3. The molecule has 6 aromatic carbocycles. The summed E-state index contributed by atoms with van der Waals surface area (Å²) in [5.74, 6) is 0. The Kier molecular flexibility index (Phi) is 7.77. The molecule has 10 rings (SSSR count). The fourth-order valence-corrected chi connectivity index (χ4v) is 7.64. The van der Waals surface area contributed by atoms with E-state index in [2.05, 4.69) is 156 Å². The van der Waals surface area contributed by atoms with Crippen molar-refractivity contribution in [3.05, 3.63) is 194 Å². The summed E-state index contributed by atoms with van der Waals surface area (Å²) in [5, 5.41) is 5.85. The molecule has 0 amide bonds. The van der Waals surface area contributed by atoms with Crippen molar-refractivity contribution in [1.29, 1.82) is 0 Å². The molecule has 4 nitrogen and oxygen atoms in total. The lowest BCUT2D eigenvalue weighted by Gasteiger charge is -2.17. The van der Waals surface area contributed by atoms with E-state index in [0.29, 0.717) is 0 Å². The largest absolute Gasteiger partial charge is 0.255 e. The summed E-state index contributed by atoms with van der Waals surface area (Å²) in [6, 6.07) is 63.8. The van der Waals surface area contributed by atoms with E-state index >= 15 is 0 Å². The van der Waals surface area contributed by atoms with Crippen LogP contribution in [0.3, 0.4) is 0 Å². The number of hydrogen-bond acceptors (Lipinski definition) is 4. The van der Waals surface area contributed by atoms with Crippen LogP contribution in [0.4, 0.5) is 0 Å². The number of para-hydroxylation sites is 1. The number of pyridine rings is 4. The van der Waals surface area contributed by atoms with Crippen LogP contribution in [0.15, 0.2) is 194 Å². The van der Waals surface area contributed by atoms with Gasteiger partial charge < -0.3 is 0 Å². The second-order valence-corrected chi connectivity index (χ2v) is 13.4. The van der Waals surface area contributed by atoms with Crippen LogP contribution in [0.1, 0.15) is 0 Å². The number of aromatic nitrogens is 4. The maximum atomic E-state index is 5.58. The van der Waals surface area contributed by atoms with Gasteiger partial charge in [-0.15, -0.1) is 0 Å². The highest BCUT2D eigenvalue weighted by Crippen LogP contribution is 2.43. The molecule has 0 bridgehead atoms. The van der Waals surface area contributed by atoms with Gasteiger partial charge in [0.05, 0.1) is 34.0 Å². The highest BCUT2D eigenvalue weighted by Gasteiger charge is 2.19. The summed E-state index contributed by atoms with van der Waals surface area (Å²) in [5.41, 5.74) is 13.0. The van der Waals surface area contributed by atoms with E-state index in [-0.39, 0.29) is 0 Å². The fourth-order valence-electron chi connectivity index (χ4n) is 7.64. The van der Waals surface area contributed by atoms with Gasteiger partial charge in [-0.3, -0.25) is 9.97 Å². The SMILES string of the molecule is c1ccc(-c2cccc3c(-c4cccc5ccccc45)nc4c(-c5ccc(-c6cc(-c7ccccn7)nc(-c7ccccn7)c6)cc5)cccc4c23)cc1. The van der Waals surface area contributed by atoms with Crippen molar-refractivity contribution in [3.63, 3.8) is 0 Å². The normalized spacial score (nSPS) is 11.3. The topological polar surface area (TPSA) is 51.6 Å². The number of fused-ring (bicyclic) bond motifs is 4. The van der Waals surface area contributed by atoms with Gasteiger partial charge in [0.15, 0.2) is 0 Å². The number of rotatable bonds is 6. The molecule has 0 atom stereocenters. The van der Waals surface area contributed by atoms with Gasteiger partial charge >= 0.3 is 0 Å². The van der Waals surface area contributed by atoms with E-state index in [0.717, 1.165) is 72.6 Å². The lowest BCUT2D eigenvalue weighted by molar-refractivity contribution is 1.22. The van der Waals surface area contributed by atoms with Crippen molar-refractivity contribution < 1.29 is 0 Å². The van der Waals surface area contributed by atoms with E-state index in [1.54, 1.807) is 12.4 Å². The molecule has 0 unspecified atom stereocenters. The minimum atomic E-state index is 0.804. The van der Waals surface area contributed by atoms with E-state index in [1.807, 2.05) is 36.4 Å². The van der Waals surface area contributed by atoms with Gasteiger partial charge in [0.25, 0.3) is 0 Å². The number of benzene rings is 6. The molecule has 0 aliphatic heterocycles. The Morgan fingerprint density at radius 1 is 0.315 bits per heavy atom. The predicted octanol–water partition coefficient (Wildman–Crippen LogP) is 12.7. The van der Waals surface area contributed by atoms with Crippen LogP contribution in [-0.2, 0) is 0 Å². The summed E-state index contributed by atoms with van der Waals surface area (Å²) in [6.45, 7) is 0. The van der Waals surface area contributed by atoms with Gasteiger partial charge in [0.2, 0.25) is 0 Å². The van der Waals surface area contributed by atoms with Crippen LogP contribution in [0.5, 0.6) is 0 Å². The Hall–Kier alpha value is -7.30. The molecule has 0 saturated carbocycles. The third kappa shape index (κ3) is 5.58. The average Bonchev–Trinajstić information content (AvgIpc) is 3.26. The van der Waals surface area contributed by atoms with Gasteiger partial charge in [-0.05, 0) is 75.0 Å². The highest BCUT2D eigenvalue weighted by molar-refractivity contribution is 6.20. The molecule has 0 spiro atoms. The zero-order valence-corrected chi connectivity index (χ0v) is 29.3. The summed E-state index contributed by atoms with van der Waals surface area (Å²) >= 11 is 0. The molecule has 252 valence electrons. The maximum Gasteiger partial charge on any atom is 0.0900 e. The van der Waals surface area contributed by atoms with Gasteiger partial charge in [0.1, 0.15) is 0 Å². The zero-order chi connectivity index (χ0) is 35.8. The third-order valence-corrected chi connectivity index (χ3v) is 10.2. The Morgan fingerprint density at radius 3 is 1.59 bits per heavy atom. The molecule has 10 aromatic rings. The molecule has 0 aliphatic rings. The molecular formula is C50H32N4. The van der Waals surface area contributed by atoms with Crippen molar-refractivity contribution >= 4 is 32.4 Å². The lowest BCUT2D eigenvalue weighted by Crippen LogP contribution is -1.95. The summed E-state index contributed by atoms with van der Waals surface area (Å²) in [7, 11) is 0. The molecule has 0 N–H and O–H groups in total. The summed E-state index contributed by atoms with van der Waals surface area (Å²) < 4.78 is 0. The molecule has 0 aliphatic carbocycles. The van der Waals surface area contributed by atoms with Crippen LogP contribution in [-0.4, -0.2) is 19.9 Å². The van der Waals surface area contributed by atoms with Crippen LogP contribution in [0.2, 0.25) is 0 Å². The molecule has 0 saturated heterocycles. The second kappa shape index (κ2) is 13.4. The standard InChI is InChI=1S/C50H32N4/c1-2-13-35(14-3-1)39-18-11-21-43-48(39)42-22-12-19-40(49(42)54-50(43)41-20-10-16-34-15-4-5-17-38(34)41)36-27-25-33(26-28-36)37-31-46(44-23-6-8-29-51-44)53-47(32-37)45-24-7-9-30-52-45/h1-32H. The second-order valence-electron chi connectivity index (χ2n) is 13.4. The van der Waals surface area contributed by atoms with Gasteiger partial charge in [-0.1, -0.05) is 146 Å². The first-order valence-corrected chi connectivity index (χ1v) is 18.1. The first-order chi connectivity index (χ1) is 26.8. The third-order valence-electron chi connectivity index (χ3n) is 10.2. The minimum Gasteiger partial charge on any atom is -0.255 e. The first kappa shape index (κ1) is 31.4. The van der Waals surface area contributed by atoms with Gasteiger partial charge in [-0.2, -0.15) is 0 Å². The van der Waals surface area contributed by atoms with Crippen LogP contribution in [0, 0.1) is 0 Å². The number of nitrogens with zero attached hydrogens (tertiary/aromatic N) is 4. The quantitative estimate of drug-likeness (QED) is 0.163. The van der Waals surface area contributed by atoms with E-state index in [9.17, 15) is 0 Å². The van der Waals surface area contributed by atoms with Crippen LogP contribution < -0.4 is 0 Å². The average molecular weight is 689 g/mol. The molecule has 54 heavy (non-hydrogen) atoms. The van der Waals surface area contributed by atoms with E-state index < -0.39 is 0 Å². The lowest BCUT2D eigenvalue weighted by atomic mass is 9.90. The first-order valence-electron chi connectivity index (χ1n) is 18.1. The smallest absolute Gasteiger partial charge is 0.0900 e. The number of hydrogen-bond donors (Lipinski definition) is 0. The Bertz CT molecular complexity index is 2900. The molecule has 4 heterocycles. The molecule has 0 radical (unpaired) electrons. The van der Waals surface area contributed by atoms with Crippen molar-refractivity contribution in [2.24, 2.45) is 0 Å². The van der Waals surface area contributed by atoms with Crippen molar-refractivity contribution in [1.82, 2.24) is 19.9 Å². The van der Waals surface area contributed by atoms with Crippen LogP contribution >= 0.6 is 0 Å². The van der Waals surface area contributed by atoms with Crippen molar-refractivity contribution in [2.45, 2.75) is 0 Å². The van der Waals surface area contributed by atoms with Crippen molar-refractivity contribution in [3.8, 4) is 67.4 Å². The fraction of sp³-hybridized carbons (Fsp3) is 0. The molecule has 4 heteroatoms. The molecule has 4 aromatic heterocycles. The van der Waals surface area contributed by atoms with Crippen LogP contribution in [0.25, 0.3) is 99.9 Å². The monoisotopic (exact) mass is 688 g/mol. The maximum absolute atomic E-state index is 5.58. The van der Waals surface area contributed by atoms with E-state index in [1.165, 1.54) is 27.3 Å². The minimum absolute atomic E-state index is 0.804. The van der Waals surface area contributed by atoms with Crippen molar-refractivity contribution in [2.75, 3.05) is 0 Å². The van der Waals surface area contributed by atoms with Gasteiger partial charge in [0, 0.05) is 39.7 Å². The Morgan fingerprint density at radius 2 is 0.870 bits per heavy atom. The molecular weight excluding hydrogens is 657 g/mol. The Labute approximate surface area is 313 Å². The van der Waals surface area contributed by atoms with E-state index in [4.69, 9.17) is 9.97 Å². The van der Waals surface area contributed by atoms with Gasteiger partial charge in [-0.25, -0.2) is 9.97 Å². The molecule has 0 fully saturated rings. The summed E-state index contributed by atoms with van der Waals surface area (Å²) in [6.07, 6.45) is 3.60. The predicted molar refractivity (Wildman–Crippen MR) is 223 cm³/mol.